The average Bonchev–Trinajstić information content (AvgIpc) is 3.36. The van der Waals surface area contributed by atoms with E-state index in [1.807, 2.05) is 6.07 Å². The van der Waals surface area contributed by atoms with E-state index < -0.39 is 20.7 Å². The number of rotatable bonds is 6. The summed E-state index contributed by atoms with van der Waals surface area (Å²) in [6.45, 7) is 4.91. The number of nitrogens with zero attached hydrogens (tertiary/aromatic N) is 1. The number of amides is 1. The van der Waals surface area contributed by atoms with Crippen molar-refractivity contribution in [2.75, 3.05) is 4.72 Å². The van der Waals surface area contributed by atoms with Gasteiger partial charge in [-0.3, -0.25) is 9.52 Å². The zero-order valence-corrected chi connectivity index (χ0v) is 21.2. The second-order valence-electron chi connectivity index (χ2n) is 10.9. The smallest absolute Gasteiger partial charge is 0.251 e. The zero-order valence-electron chi connectivity index (χ0n) is 20.4. The Balaban J connectivity index is 1.68. The highest BCUT2D eigenvalue weighted by Gasteiger charge is 2.33. The number of hydrogen-bond donors (Lipinski definition) is 2. The van der Waals surface area contributed by atoms with Gasteiger partial charge in [0.2, 0.25) is 10.0 Å². The van der Waals surface area contributed by atoms with E-state index in [0.29, 0.717) is 27.9 Å². The van der Waals surface area contributed by atoms with Crippen molar-refractivity contribution in [3.8, 4) is 11.3 Å². The number of hydrogen-bond acceptors (Lipinski definition) is 3. The first kappa shape index (κ1) is 23.9. The second kappa shape index (κ2) is 8.36. The number of nitrogens with two attached hydrogens (primary N) is 1. The van der Waals surface area contributed by atoms with Crippen LogP contribution < -0.4 is 10.5 Å². The molecule has 35 heavy (non-hydrogen) atoms. The average molecular weight is 498 g/mol. The van der Waals surface area contributed by atoms with E-state index in [1.54, 1.807) is 45.0 Å². The first-order valence-electron chi connectivity index (χ1n) is 12.3. The van der Waals surface area contributed by atoms with E-state index in [-0.39, 0.29) is 17.8 Å². The summed E-state index contributed by atoms with van der Waals surface area (Å²) in [5, 5.41) is 0.541. The van der Waals surface area contributed by atoms with Gasteiger partial charge in [-0.15, -0.1) is 0 Å². The molecule has 1 amide bonds. The summed E-state index contributed by atoms with van der Waals surface area (Å²) in [6, 6.07) is 10.6. The molecule has 186 valence electrons. The third-order valence-corrected chi connectivity index (χ3v) is 9.41. The van der Waals surface area contributed by atoms with Crippen molar-refractivity contribution >= 4 is 32.5 Å². The molecule has 8 heteroatoms. The number of halogens is 1. The van der Waals surface area contributed by atoms with Gasteiger partial charge in [0, 0.05) is 17.1 Å². The molecule has 2 fully saturated rings. The molecule has 0 aliphatic heterocycles. The molecule has 0 bridgehead atoms. The van der Waals surface area contributed by atoms with Crippen LogP contribution in [-0.2, 0) is 10.0 Å². The summed E-state index contributed by atoms with van der Waals surface area (Å²) in [4.78, 5) is 12.7. The van der Waals surface area contributed by atoms with Gasteiger partial charge in [-0.1, -0.05) is 25.0 Å². The van der Waals surface area contributed by atoms with Crippen LogP contribution in [0, 0.1) is 5.82 Å². The monoisotopic (exact) mass is 497 g/mol. The highest BCUT2D eigenvalue weighted by molar-refractivity contribution is 7.94. The van der Waals surface area contributed by atoms with E-state index in [4.69, 9.17) is 5.73 Å². The predicted octanol–water partition coefficient (Wildman–Crippen LogP) is 6.08. The summed E-state index contributed by atoms with van der Waals surface area (Å²) < 4.78 is 44.1. The van der Waals surface area contributed by atoms with Crippen LogP contribution in [0.1, 0.15) is 87.2 Å². The lowest BCUT2D eigenvalue weighted by Gasteiger charge is -2.21. The van der Waals surface area contributed by atoms with E-state index in [0.717, 1.165) is 49.6 Å². The molecular formula is C27H32FN3O3S. The Labute approximate surface area is 205 Å². The summed E-state index contributed by atoms with van der Waals surface area (Å²) in [6.07, 6.45) is 6.12. The van der Waals surface area contributed by atoms with Crippen LogP contribution in [0.3, 0.4) is 0 Å². The van der Waals surface area contributed by atoms with Crippen molar-refractivity contribution in [3.63, 3.8) is 0 Å². The molecule has 2 aliphatic rings. The van der Waals surface area contributed by atoms with Crippen LogP contribution in [0.5, 0.6) is 0 Å². The molecule has 3 N–H and O–H groups in total. The van der Waals surface area contributed by atoms with Gasteiger partial charge >= 0.3 is 0 Å². The Hall–Kier alpha value is -2.87. The Morgan fingerprint density at radius 2 is 1.69 bits per heavy atom. The molecule has 5 rings (SSSR count). The number of primary amides is 1. The van der Waals surface area contributed by atoms with Gasteiger partial charge in [0.05, 0.1) is 21.5 Å². The van der Waals surface area contributed by atoms with Gasteiger partial charge in [0.15, 0.2) is 0 Å². The summed E-state index contributed by atoms with van der Waals surface area (Å²) in [7, 11) is -3.57. The third kappa shape index (κ3) is 4.22. The maximum atomic E-state index is 15.1. The van der Waals surface area contributed by atoms with Gasteiger partial charge in [-0.2, -0.15) is 0 Å². The predicted molar refractivity (Wildman–Crippen MR) is 138 cm³/mol. The van der Waals surface area contributed by atoms with Crippen LogP contribution in [0.25, 0.3) is 22.2 Å². The van der Waals surface area contributed by atoms with Crippen molar-refractivity contribution in [1.82, 2.24) is 4.57 Å². The quantitative estimate of drug-likeness (QED) is 0.432. The van der Waals surface area contributed by atoms with Crippen LogP contribution in [-0.4, -0.2) is 23.6 Å². The van der Waals surface area contributed by atoms with Crippen LogP contribution in [0.4, 0.5) is 10.1 Å². The minimum Gasteiger partial charge on any atom is -0.366 e. The molecule has 2 aliphatic carbocycles. The molecule has 0 radical (unpaired) electrons. The number of carbonyl (C=O) groups excluding carboxylic acids is 1. The Morgan fingerprint density at radius 3 is 2.23 bits per heavy atom. The number of sulfonamides is 1. The van der Waals surface area contributed by atoms with Gasteiger partial charge in [0.25, 0.3) is 5.91 Å². The molecule has 1 heterocycles. The zero-order chi connectivity index (χ0) is 25.1. The normalized spacial score (nSPS) is 17.3. The van der Waals surface area contributed by atoms with Gasteiger partial charge in [-0.05, 0) is 87.8 Å². The number of nitrogens with one attached hydrogen (secondary N) is 1. The largest absolute Gasteiger partial charge is 0.366 e. The maximum absolute atomic E-state index is 15.1. The summed E-state index contributed by atoms with van der Waals surface area (Å²) in [5.41, 5.74) is 9.62. The number of benzene rings is 2. The SMILES string of the molecule is CC(C)(C)S(=O)(=O)Nc1ccc(-c2c(C(N)=O)c3cc(F)c(C4CC4)cc3n2C2CCCC2)cc1. The number of fused-ring (bicyclic) bond motifs is 1. The van der Waals surface area contributed by atoms with Gasteiger partial charge in [0.1, 0.15) is 5.82 Å². The van der Waals surface area contributed by atoms with Crippen LogP contribution in [0.2, 0.25) is 0 Å². The lowest BCUT2D eigenvalue weighted by molar-refractivity contribution is 0.100. The van der Waals surface area contributed by atoms with Gasteiger partial charge in [-0.25, -0.2) is 12.8 Å². The standard InChI is InChI=1S/C27H32FN3O3S/c1-27(2,3)35(33,34)30-18-12-10-17(11-13-18)25-24(26(29)32)21-14-22(28)20(16-8-9-16)15-23(21)31(25)19-6-4-5-7-19/h10-16,19,30H,4-9H2,1-3H3,(H2,29,32). The maximum Gasteiger partial charge on any atom is 0.251 e. The van der Waals surface area contributed by atoms with Crippen LogP contribution >= 0.6 is 0 Å². The first-order valence-corrected chi connectivity index (χ1v) is 13.8. The highest BCUT2D eigenvalue weighted by Crippen LogP contribution is 2.46. The minimum absolute atomic E-state index is 0.192. The lowest BCUT2D eigenvalue weighted by Crippen LogP contribution is -2.33. The molecule has 0 saturated heterocycles. The topological polar surface area (TPSA) is 94.2 Å². The van der Waals surface area contributed by atoms with Crippen molar-refractivity contribution in [2.45, 2.75) is 76.0 Å². The summed E-state index contributed by atoms with van der Waals surface area (Å²) >= 11 is 0. The van der Waals surface area contributed by atoms with Crippen molar-refractivity contribution in [1.29, 1.82) is 0 Å². The third-order valence-electron chi connectivity index (χ3n) is 7.29. The molecule has 2 aromatic carbocycles. The van der Waals surface area contributed by atoms with E-state index in [2.05, 4.69) is 9.29 Å². The van der Waals surface area contributed by atoms with E-state index >= 15 is 4.39 Å². The van der Waals surface area contributed by atoms with Crippen molar-refractivity contribution in [2.24, 2.45) is 5.73 Å². The first-order chi connectivity index (χ1) is 16.5. The Bertz CT molecular complexity index is 1410. The molecule has 3 aromatic rings. The fourth-order valence-electron chi connectivity index (χ4n) is 5.13. The fourth-order valence-corrected chi connectivity index (χ4v) is 5.88. The lowest BCUT2D eigenvalue weighted by atomic mass is 10.0. The second-order valence-corrected chi connectivity index (χ2v) is 13.3. The highest BCUT2D eigenvalue weighted by atomic mass is 32.2. The van der Waals surface area contributed by atoms with Crippen molar-refractivity contribution in [3.05, 3.63) is 53.3 Å². The number of aromatic nitrogens is 1. The van der Waals surface area contributed by atoms with Crippen LogP contribution in [0.15, 0.2) is 36.4 Å². The fraction of sp³-hybridized carbons (Fsp3) is 0.444. The molecule has 0 spiro atoms. The summed E-state index contributed by atoms with van der Waals surface area (Å²) in [5.74, 6) is -0.649. The van der Waals surface area contributed by atoms with E-state index in [9.17, 15) is 13.2 Å². The molecule has 1 aromatic heterocycles. The molecule has 0 unspecified atom stereocenters. The molecule has 2 saturated carbocycles. The Morgan fingerprint density at radius 1 is 1.06 bits per heavy atom. The molecule has 6 nitrogen and oxygen atoms in total. The van der Waals surface area contributed by atoms with Gasteiger partial charge < -0.3 is 10.3 Å². The Kier molecular flexibility index (Phi) is 5.70. The minimum atomic E-state index is -3.57. The van der Waals surface area contributed by atoms with Crippen molar-refractivity contribution < 1.29 is 17.6 Å². The number of carbonyl (C=O) groups is 1. The molecular weight excluding hydrogens is 465 g/mol. The number of anilines is 1. The van der Waals surface area contributed by atoms with E-state index in [1.165, 1.54) is 6.07 Å². The molecule has 0 atom stereocenters.